The number of fused-ring (bicyclic) bond motifs is 3. The number of benzene rings is 2. The third kappa shape index (κ3) is 2.78. The number of para-hydroxylation sites is 1. The maximum atomic E-state index is 6.20. The molecule has 2 fully saturated rings. The zero-order chi connectivity index (χ0) is 21.1. The van der Waals surface area contributed by atoms with Crippen LogP contribution in [-0.2, 0) is 21.3 Å². The minimum Gasteiger partial charge on any atom is -0.347 e. The second-order valence-electron chi connectivity index (χ2n) is 9.63. The van der Waals surface area contributed by atoms with Gasteiger partial charge in [0.2, 0.25) is 0 Å². The van der Waals surface area contributed by atoms with Gasteiger partial charge in [-0.2, -0.15) is 0 Å². The molecule has 2 aliphatic carbocycles. The summed E-state index contributed by atoms with van der Waals surface area (Å²) in [5.74, 6) is 1.55. The first kappa shape index (κ1) is 19.3. The molecule has 0 bridgehead atoms. The highest BCUT2D eigenvalue weighted by atomic mass is 16.7. The minimum absolute atomic E-state index is 0.0388. The maximum absolute atomic E-state index is 6.20. The Bertz CT molecular complexity index is 1090. The lowest BCUT2D eigenvalue weighted by Crippen LogP contribution is -2.55. The molecule has 1 aromatic heterocycles. The van der Waals surface area contributed by atoms with Crippen LogP contribution in [-0.4, -0.2) is 28.6 Å². The molecule has 1 spiro atoms. The molecule has 31 heavy (non-hydrogen) atoms. The van der Waals surface area contributed by atoms with Crippen LogP contribution in [0.15, 0.2) is 60.7 Å². The van der Waals surface area contributed by atoms with E-state index in [0.717, 1.165) is 44.7 Å². The molecule has 0 N–H and O–H groups in total. The van der Waals surface area contributed by atoms with E-state index >= 15 is 0 Å². The van der Waals surface area contributed by atoms with Crippen molar-refractivity contribution in [2.75, 3.05) is 13.2 Å². The lowest BCUT2D eigenvalue weighted by atomic mass is 9.55. The predicted octanol–water partition coefficient (Wildman–Crippen LogP) is 5.53. The summed E-state index contributed by atoms with van der Waals surface area (Å²) in [6, 6.07) is 21.3. The summed E-state index contributed by atoms with van der Waals surface area (Å²) < 4.78 is 14.8. The quantitative estimate of drug-likeness (QED) is 0.553. The number of nitrogens with zero attached hydrogens (tertiary/aromatic N) is 2. The van der Waals surface area contributed by atoms with Crippen LogP contribution in [0.2, 0.25) is 0 Å². The van der Waals surface area contributed by atoms with Crippen molar-refractivity contribution in [1.82, 2.24) is 9.55 Å². The lowest BCUT2D eigenvalue weighted by Gasteiger charge is -2.53. The molecular weight excluding hydrogens is 384 g/mol. The summed E-state index contributed by atoms with van der Waals surface area (Å²) in [5.41, 5.74) is 5.06. The van der Waals surface area contributed by atoms with Gasteiger partial charge in [-0.3, -0.25) is 4.57 Å². The first-order valence-corrected chi connectivity index (χ1v) is 11.6. The maximum Gasteiger partial charge on any atom is 0.171 e. The average molecular weight is 415 g/mol. The Labute approximate surface area is 184 Å². The Morgan fingerprint density at radius 2 is 1.61 bits per heavy atom. The third-order valence-corrected chi connectivity index (χ3v) is 8.14. The molecule has 3 atom stereocenters. The van der Waals surface area contributed by atoms with E-state index in [9.17, 15) is 0 Å². The third-order valence-electron chi connectivity index (χ3n) is 8.14. The van der Waals surface area contributed by atoms with Crippen LogP contribution < -0.4 is 0 Å². The second-order valence-corrected chi connectivity index (χ2v) is 9.63. The van der Waals surface area contributed by atoms with Gasteiger partial charge in [-0.15, -0.1) is 0 Å². The van der Waals surface area contributed by atoms with Gasteiger partial charge in [0, 0.05) is 34.7 Å². The molecule has 4 heteroatoms. The summed E-state index contributed by atoms with van der Waals surface area (Å²) in [6.07, 6.45) is 4.17. The van der Waals surface area contributed by atoms with Crippen molar-refractivity contribution in [3.8, 4) is 17.1 Å². The molecular formula is C27H30N2O2. The molecule has 1 saturated heterocycles. The highest BCUT2D eigenvalue weighted by Gasteiger charge is 2.58. The summed E-state index contributed by atoms with van der Waals surface area (Å²) in [6.45, 7) is 6.22. The Morgan fingerprint density at radius 3 is 2.32 bits per heavy atom. The van der Waals surface area contributed by atoms with Gasteiger partial charge in [0.1, 0.15) is 5.82 Å². The Morgan fingerprint density at radius 1 is 0.935 bits per heavy atom. The van der Waals surface area contributed by atoms with Gasteiger partial charge in [0.25, 0.3) is 0 Å². The van der Waals surface area contributed by atoms with Crippen molar-refractivity contribution in [3.63, 3.8) is 0 Å². The number of imidazole rings is 1. The van der Waals surface area contributed by atoms with Crippen molar-refractivity contribution < 1.29 is 9.47 Å². The molecule has 0 unspecified atom stereocenters. The van der Waals surface area contributed by atoms with E-state index in [2.05, 4.69) is 79.1 Å². The largest absolute Gasteiger partial charge is 0.347 e. The molecule has 4 nitrogen and oxygen atoms in total. The van der Waals surface area contributed by atoms with Gasteiger partial charge in [-0.05, 0) is 37.3 Å². The molecule has 0 amide bonds. The molecule has 1 aliphatic heterocycles. The standard InChI is InChI=1S/C27H30N2O2/c1-19-22-13-14-23-24(26(22,2)15-16-27(19)30-17-18-31-27)28-25(20-9-5-3-6-10-20)29(23)21-11-7-4-8-12-21/h3-12,19,22H,13-18H2,1-2H3/t19-,22-,26-/m0/s1. The van der Waals surface area contributed by atoms with E-state index in [1.165, 1.54) is 22.6 Å². The van der Waals surface area contributed by atoms with Crippen molar-refractivity contribution in [3.05, 3.63) is 72.1 Å². The number of hydrogen-bond donors (Lipinski definition) is 0. The molecule has 3 aliphatic rings. The predicted molar refractivity (Wildman–Crippen MR) is 121 cm³/mol. The minimum atomic E-state index is -0.383. The Balaban J connectivity index is 1.51. The fraction of sp³-hybridized carbons (Fsp3) is 0.444. The van der Waals surface area contributed by atoms with E-state index < -0.39 is 0 Å². The molecule has 2 heterocycles. The van der Waals surface area contributed by atoms with Crippen LogP contribution in [0.25, 0.3) is 17.1 Å². The van der Waals surface area contributed by atoms with Crippen molar-refractivity contribution in [1.29, 1.82) is 0 Å². The molecule has 2 aromatic carbocycles. The number of ether oxygens (including phenoxy) is 2. The lowest BCUT2D eigenvalue weighted by molar-refractivity contribution is -0.234. The van der Waals surface area contributed by atoms with E-state index in [1.807, 2.05) is 0 Å². The molecule has 0 radical (unpaired) electrons. The van der Waals surface area contributed by atoms with Crippen LogP contribution in [0.5, 0.6) is 0 Å². The van der Waals surface area contributed by atoms with E-state index in [1.54, 1.807) is 0 Å². The monoisotopic (exact) mass is 414 g/mol. The van der Waals surface area contributed by atoms with Gasteiger partial charge in [-0.25, -0.2) is 4.98 Å². The zero-order valence-electron chi connectivity index (χ0n) is 18.4. The van der Waals surface area contributed by atoms with E-state index in [-0.39, 0.29) is 11.2 Å². The van der Waals surface area contributed by atoms with Gasteiger partial charge >= 0.3 is 0 Å². The van der Waals surface area contributed by atoms with Crippen LogP contribution in [0, 0.1) is 11.8 Å². The summed E-state index contributed by atoms with van der Waals surface area (Å²) in [7, 11) is 0. The molecule has 6 rings (SSSR count). The first-order chi connectivity index (χ1) is 15.1. The van der Waals surface area contributed by atoms with E-state index in [4.69, 9.17) is 14.5 Å². The fourth-order valence-electron chi connectivity index (χ4n) is 6.52. The summed E-state index contributed by atoms with van der Waals surface area (Å²) in [5, 5.41) is 0. The average Bonchev–Trinajstić information content (AvgIpc) is 3.45. The van der Waals surface area contributed by atoms with Gasteiger partial charge in [-0.1, -0.05) is 62.4 Å². The van der Waals surface area contributed by atoms with Crippen molar-refractivity contribution >= 4 is 0 Å². The SMILES string of the molecule is C[C@H]1[C@@H]2CCc3c(nc(-c4ccccc4)n3-c3ccccc3)[C@@]2(C)CCC12OCCO2. The van der Waals surface area contributed by atoms with Crippen LogP contribution >= 0.6 is 0 Å². The Kier molecular flexibility index (Phi) is 4.38. The number of aromatic nitrogens is 2. The smallest absolute Gasteiger partial charge is 0.171 e. The van der Waals surface area contributed by atoms with E-state index in [0.29, 0.717) is 11.8 Å². The van der Waals surface area contributed by atoms with Crippen molar-refractivity contribution in [2.24, 2.45) is 11.8 Å². The highest BCUT2D eigenvalue weighted by Crippen LogP contribution is 2.57. The number of rotatable bonds is 2. The first-order valence-electron chi connectivity index (χ1n) is 11.6. The molecule has 3 aromatic rings. The van der Waals surface area contributed by atoms with Crippen LogP contribution in [0.4, 0.5) is 0 Å². The fourth-order valence-corrected chi connectivity index (χ4v) is 6.52. The topological polar surface area (TPSA) is 36.3 Å². The second kappa shape index (κ2) is 7.04. The van der Waals surface area contributed by atoms with Crippen LogP contribution in [0.3, 0.4) is 0 Å². The van der Waals surface area contributed by atoms with Gasteiger partial charge in [0.15, 0.2) is 5.79 Å². The van der Waals surface area contributed by atoms with Crippen LogP contribution in [0.1, 0.15) is 44.5 Å². The summed E-state index contributed by atoms with van der Waals surface area (Å²) in [4.78, 5) is 5.38. The Hall–Kier alpha value is -2.43. The molecule has 1 saturated carbocycles. The zero-order valence-corrected chi connectivity index (χ0v) is 18.4. The summed E-state index contributed by atoms with van der Waals surface area (Å²) >= 11 is 0. The van der Waals surface area contributed by atoms with Crippen molar-refractivity contribution in [2.45, 2.75) is 50.7 Å². The molecule has 160 valence electrons. The van der Waals surface area contributed by atoms with Gasteiger partial charge in [0.05, 0.1) is 18.9 Å². The van der Waals surface area contributed by atoms with Gasteiger partial charge < -0.3 is 9.47 Å². The normalized spacial score (nSPS) is 29.0. The highest BCUT2D eigenvalue weighted by molar-refractivity contribution is 5.61. The number of hydrogen-bond acceptors (Lipinski definition) is 3.